The molecule has 2 atom stereocenters. The minimum atomic E-state index is -0.606. The number of carbonyl (C=O) groups excluding carboxylic acids is 1. The van der Waals surface area contributed by atoms with Gasteiger partial charge in [-0.25, -0.2) is 9.37 Å². The van der Waals surface area contributed by atoms with Gasteiger partial charge in [-0.15, -0.1) is 0 Å². The van der Waals surface area contributed by atoms with Crippen molar-refractivity contribution < 1.29 is 23.8 Å². The second-order valence-corrected chi connectivity index (χ2v) is 8.01. The third kappa shape index (κ3) is 4.18. The molecule has 0 bridgehead atoms. The standard InChI is InChI=1S/C21H24ClFN4O4/c1-30-13-3-2-11(12(6-13)9-28)7-27-8-14-17(21(27)29)19(22)26-20(18(14)23)25-16-4-5-31-10-15(16)24/h2-3,6,15-16,28H,4-5,7-10,24H2,1H3,(H,25,26)/t15-,16+/m0/s1. The Morgan fingerprint density at radius 2 is 2.26 bits per heavy atom. The highest BCUT2D eigenvalue weighted by atomic mass is 35.5. The topological polar surface area (TPSA) is 110 Å². The van der Waals surface area contributed by atoms with Crippen LogP contribution in [0.5, 0.6) is 5.75 Å². The van der Waals surface area contributed by atoms with E-state index < -0.39 is 11.7 Å². The lowest BCUT2D eigenvalue weighted by Crippen LogP contribution is -2.47. The predicted octanol–water partition coefficient (Wildman–Crippen LogP) is 2.06. The monoisotopic (exact) mass is 450 g/mol. The SMILES string of the molecule is COc1ccc(CN2Cc3c(F)c(N[C@@H]4CCOC[C@@H]4N)nc(Cl)c3C2=O)c(CO)c1. The molecule has 4 N–H and O–H groups in total. The molecule has 0 radical (unpaired) electrons. The highest BCUT2D eigenvalue weighted by Gasteiger charge is 2.36. The number of nitrogens with two attached hydrogens (primary N) is 1. The molecule has 3 heterocycles. The molecule has 1 fully saturated rings. The number of pyridine rings is 1. The van der Waals surface area contributed by atoms with E-state index in [0.29, 0.717) is 30.9 Å². The van der Waals surface area contributed by atoms with Gasteiger partial charge in [0.15, 0.2) is 11.6 Å². The van der Waals surface area contributed by atoms with E-state index in [4.69, 9.17) is 26.8 Å². The van der Waals surface area contributed by atoms with Gasteiger partial charge >= 0.3 is 0 Å². The molecule has 2 aromatic rings. The van der Waals surface area contributed by atoms with Crippen molar-refractivity contribution in [3.63, 3.8) is 0 Å². The van der Waals surface area contributed by atoms with Crippen molar-refractivity contribution in [1.82, 2.24) is 9.88 Å². The van der Waals surface area contributed by atoms with Crippen molar-refractivity contribution in [2.45, 2.75) is 38.2 Å². The Morgan fingerprint density at radius 3 is 2.97 bits per heavy atom. The van der Waals surface area contributed by atoms with E-state index in [1.807, 2.05) is 0 Å². The van der Waals surface area contributed by atoms with Crippen molar-refractivity contribution in [2.24, 2.45) is 5.73 Å². The van der Waals surface area contributed by atoms with E-state index >= 15 is 4.39 Å². The first-order chi connectivity index (χ1) is 14.9. The Hall–Kier alpha value is -2.46. The van der Waals surface area contributed by atoms with E-state index in [-0.39, 0.29) is 53.9 Å². The van der Waals surface area contributed by atoms with Crippen LogP contribution in [0.2, 0.25) is 5.15 Å². The number of hydrogen-bond acceptors (Lipinski definition) is 7. The van der Waals surface area contributed by atoms with Gasteiger partial charge in [0.05, 0.1) is 32.4 Å². The lowest BCUT2D eigenvalue weighted by atomic mass is 10.0. The van der Waals surface area contributed by atoms with Crippen LogP contribution >= 0.6 is 11.6 Å². The maximum atomic E-state index is 15.3. The van der Waals surface area contributed by atoms with Gasteiger partial charge in [0.2, 0.25) is 0 Å². The number of rotatable bonds is 6. The zero-order valence-electron chi connectivity index (χ0n) is 17.0. The first-order valence-corrected chi connectivity index (χ1v) is 10.3. The minimum Gasteiger partial charge on any atom is -0.497 e. The lowest BCUT2D eigenvalue weighted by molar-refractivity contribution is 0.0750. The summed E-state index contributed by atoms with van der Waals surface area (Å²) in [7, 11) is 1.54. The fourth-order valence-corrected chi connectivity index (χ4v) is 4.22. The molecule has 0 saturated carbocycles. The van der Waals surface area contributed by atoms with Crippen molar-refractivity contribution in [3.05, 3.63) is 51.4 Å². The molecule has 10 heteroatoms. The zero-order chi connectivity index (χ0) is 22.1. The van der Waals surface area contributed by atoms with Gasteiger partial charge in [-0.2, -0.15) is 0 Å². The van der Waals surface area contributed by atoms with Crippen LogP contribution in [-0.4, -0.2) is 53.3 Å². The Kier molecular flexibility index (Phi) is 6.29. The van der Waals surface area contributed by atoms with E-state index in [9.17, 15) is 9.90 Å². The normalized spacial score (nSPS) is 20.7. The summed E-state index contributed by atoms with van der Waals surface area (Å²) in [6.45, 7) is 0.925. The number of carbonyl (C=O) groups is 1. The molecule has 0 aliphatic carbocycles. The molecule has 31 heavy (non-hydrogen) atoms. The number of aliphatic hydroxyl groups excluding tert-OH is 1. The van der Waals surface area contributed by atoms with Gasteiger partial charge in [-0.3, -0.25) is 4.79 Å². The molecule has 8 nitrogen and oxygen atoms in total. The summed E-state index contributed by atoms with van der Waals surface area (Å²) in [5.41, 5.74) is 7.68. The summed E-state index contributed by atoms with van der Waals surface area (Å²) < 4.78 is 25.8. The zero-order valence-corrected chi connectivity index (χ0v) is 17.8. The number of methoxy groups -OCH3 is 1. The maximum absolute atomic E-state index is 15.3. The molecular weight excluding hydrogens is 427 g/mol. The first-order valence-electron chi connectivity index (χ1n) is 9.96. The second-order valence-electron chi connectivity index (χ2n) is 7.65. The number of hydrogen-bond donors (Lipinski definition) is 3. The Labute approximate surface area is 184 Å². The quantitative estimate of drug-likeness (QED) is 0.578. The second kappa shape index (κ2) is 8.96. The summed E-state index contributed by atoms with van der Waals surface area (Å²) in [4.78, 5) is 18.5. The Bertz CT molecular complexity index is 1010. The summed E-state index contributed by atoms with van der Waals surface area (Å²) in [5, 5.41) is 12.7. The van der Waals surface area contributed by atoms with Crippen LogP contribution in [0, 0.1) is 5.82 Å². The van der Waals surface area contributed by atoms with Gasteiger partial charge in [0.1, 0.15) is 10.9 Å². The van der Waals surface area contributed by atoms with Crippen molar-refractivity contribution >= 4 is 23.3 Å². The number of ether oxygens (including phenoxy) is 2. The smallest absolute Gasteiger partial charge is 0.258 e. The Balaban J connectivity index is 1.58. The molecule has 2 aliphatic heterocycles. The number of benzene rings is 1. The van der Waals surface area contributed by atoms with Crippen LogP contribution in [0.25, 0.3) is 0 Å². The van der Waals surface area contributed by atoms with Crippen LogP contribution in [-0.2, 0) is 24.4 Å². The van der Waals surface area contributed by atoms with E-state index in [0.717, 1.165) is 5.56 Å². The summed E-state index contributed by atoms with van der Waals surface area (Å²) >= 11 is 6.28. The third-order valence-corrected chi connectivity index (χ3v) is 5.98. The van der Waals surface area contributed by atoms with E-state index in [1.54, 1.807) is 18.2 Å². The van der Waals surface area contributed by atoms with Crippen LogP contribution < -0.4 is 15.8 Å². The molecule has 2 aliphatic rings. The highest BCUT2D eigenvalue weighted by molar-refractivity contribution is 6.33. The number of nitrogens with one attached hydrogen (secondary N) is 1. The largest absolute Gasteiger partial charge is 0.497 e. The van der Waals surface area contributed by atoms with Crippen molar-refractivity contribution in [3.8, 4) is 5.75 Å². The number of aromatic nitrogens is 1. The average molecular weight is 451 g/mol. The summed E-state index contributed by atoms with van der Waals surface area (Å²) in [6.07, 6.45) is 0.615. The highest BCUT2D eigenvalue weighted by Crippen LogP contribution is 2.35. The molecule has 4 rings (SSSR count). The number of aliphatic hydroxyl groups is 1. The van der Waals surface area contributed by atoms with E-state index in [2.05, 4.69) is 10.3 Å². The number of halogens is 2. The molecule has 1 aromatic heterocycles. The molecule has 1 saturated heterocycles. The third-order valence-electron chi connectivity index (χ3n) is 5.71. The van der Waals surface area contributed by atoms with Gasteiger partial charge in [-0.1, -0.05) is 17.7 Å². The van der Waals surface area contributed by atoms with Crippen molar-refractivity contribution in [2.75, 3.05) is 25.6 Å². The van der Waals surface area contributed by atoms with Gasteiger partial charge in [0, 0.05) is 30.8 Å². The molecule has 0 spiro atoms. The fourth-order valence-electron chi connectivity index (χ4n) is 3.94. The number of nitrogens with zero attached hydrogens (tertiary/aromatic N) is 2. The van der Waals surface area contributed by atoms with Gasteiger partial charge < -0.3 is 30.5 Å². The van der Waals surface area contributed by atoms with E-state index in [1.165, 1.54) is 12.0 Å². The van der Waals surface area contributed by atoms with Crippen LogP contribution in [0.1, 0.15) is 33.5 Å². The summed E-state index contributed by atoms with van der Waals surface area (Å²) in [6, 6.07) is 4.72. The van der Waals surface area contributed by atoms with Crippen LogP contribution in [0.3, 0.4) is 0 Å². The maximum Gasteiger partial charge on any atom is 0.258 e. The molecular formula is C21H24ClFN4O4. The van der Waals surface area contributed by atoms with Gasteiger partial charge in [-0.05, 0) is 29.7 Å². The van der Waals surface area contributed by atoms with Crippen molar-refractivity contribution in [1.29, 1.82) is 0 Å². The number of fused-ring (bicyclic) bond motifs is 1. The lowest BCUT2D eigenvalue weighted by Gasteiger charge is -2.30. The fraction of sp³-hybridized carbons (Fsp3) is 0.429. The molecule has 1 aromatic carbocycles. The molecule has 166 valence electrons. The minimum absolute atomic E-state index is 0.0127. The average Bonchev–Trinajstić information content (AvgIpc) is 3.10. The predicted molar refractivity (Wildman–Crippen MR) is 113 cm³/mol. The van der Waals surface area contributed by atoms with Crippen LogP contribution in [0.15, 0.2) is 18.2 Å². The first kappa shape index (κ1) is 21.8. The molecule has 0 unspecified atom stereocenters. The number of anilines is 1. The Morgan fingerprint density at radius 1 is 1.45 bits per heavy atom. The number of amides is 1. The van der Waals surface area contributed by atoms with Gasteiger partial charge in [0.25, 0.3) is 5.91 Å². The van der Waals surface area contributed by atoms with Crippen LogP contribution in [0.4, 0.5) is 10.2 Å². The summed E-state index contributed by atoms with van der Waals surface area (Å²) in [5.74, 6) is -0.420. The molecule has 1 amide bonds.